The molecule has 0 bridgehead atoms. The summed E-state index contributed by atoms with van der Waals surface area (Å²) in [5, 5.41) is 0.855. The minimum atomic E-state index is 0.191. The predicted molar refractivity (Wildman–Crippen MR) is 110 cm³/mol. The van der Waals surface area contributed by atoms with Crippen molar-refractivity contribution in [2.75, 3.05) is 0 Å². The van der Waals surface area contributed by atoms with Gasteiger partial charge in [0.15, 0.2) is 10.4 Å². The molecule has 0 radical (unpaired) electrons. The largest absolute Gasteiger partial charge is 0.315 e. The molecule has 2 heterocycles. The molecule has 1 aromatic carbocycles. The second-order valence-corrected chi connectivity index (χ2v) is 8.62. The molecular formula is C19H19BrCl2N4. The van der Waals surface area contributed by atoms with Crippen molar-refractivity contribution in [3.05, 3.63) is 39.3 Å². The monoisotopic (exact) mass is 452 g/mol. The van der Waals surface area contributed by atoms with Crippen LogP contribution < -0.4 is 0 Å². The van der Waals surface area contributed by atoms with E-state index >= 15 is 0 Å². The van der Waals surface area contributed by atoms with Gasteiger partial charge < -0.3 is 4.57 Å². The first-order chi connectivity index (χ1) is 12.5. The summed E-state index contributed by atoms with van der Waals surface area (Å²) in [5.41, 5.74) is 3.20. The molecule has 2 aromatic heterocycles. The number of halogens is 3. The lowest BCUT2D eigenvalue weighted by Crippen LogP contribution is -2.18. The Hall–Kier alpha value is -1.17. The van der Waals surface area contributed by atoms with Gasteiger partial charge in [0, 0.05) is 17.1 Å². The van der Waals surface area contributed by atoms with Crippen molar-refractivity contribution < 1.29 is 0 Å². The first-order valence-corrected chi connectivity index (χ1v) is 10.4. The van der Waals surface area contributed by atoms with Gasteiger partial charge in [0.05, 0.1) is 0 Å². The van der Waals surface area contributed by atoms with Crippen LogP contribution in [0.15, 0.2) is 29.0 Å². The van der Waals surface area contributed by atoms with Gasteiger partial charge in [-0.15, -0.1) is 0 Å². The average Bonchev–Trinajstić information content (AvgIpc) is 2.91. The van der Waals surface area contributed by atoms with E-state index < -0.39 is 0 Å². The van der Waals surface area contributed by atoms with E-state index in [4.69, 9.17) is 23.2 Å². The third-order valence-corrected chi connectivity index (χ3v) is 6.21. The summed E-state index contributed by atoms with van der Waals surface area (Å²) in [4.78, 5) is 13.4. The summed E-state index contributed by atoms with van der Waals surface area (Å²) in [6, 6.07) is 7.64. The molecule has 4 rings (SSSR count). The number of imidazole rings is 1. The number of fused-ring (bicyclic) bond motifs is 1. The van der Waals surface area contributed by atoms with Gasteiger partial charge in [-0.25, -0.2) is 9.97 Å². The van der Waals surface area contributed by atoms with Crippen LogP contribution >= 0.6 is 39.1 Å². The number of rotatable bonds is 3. The van der Waals surface area contributed by atoms with E-state index in [1.54, 1.807) is 0 Å². The topological polar surface area (TPSA) is 43.6 Å². The Morgan fingerprint density at radius 1 is 1.12 bits per heavy atom. The Morgan fingerprint density at radius 3 is 2.62 bits per heavy atom. The molecule has 1 fully saturated rings. The maximum Gasteiger partial charge on any atom is 0.225 e. The highest BCUT2D eigenvalue weighted by Gasteiger charge is 2.23. The maximum atomic E-state index is 6.19. The molecule has 26 heavy (non-hydrogen) atoms. The van der Waals surface area contributed by atoms with E-state index in [1.165, 1.54) is 25.7 Å². The van der Waals surface area contributed by atoms with E-state index in [9.17, 15) is 0 Å². The third-order valence-electron chi connectivity index (χ3n) is 5.20. The van der Waals surface area contributed by atoms with Gasteiger partial charge in [-0.05, 0) is 64.3 Å². The molecule has 1 saturated carbocycles. The second kappa shape index (κ2) is 7.45. The zero-order chi connectivity index (χ0) is 18.3. The molecule has 0 N–H and O–H groups in total. The molecule has 0 saturated heterocycles. The molecule has 0 unspecified atom stereocenters. The fourth-order valence-corrected chi connectivity index (χ4v) is 4.60. The zero-order valence-electron chi connectivity index (χ0n) is 14.4. The van der Waals surface area contributed by atoms with E-state index in [0.717, 1.165) is 34.0 Å². The predicted octanol–water partition coefficient (Wildman–Crippen LogP) is 6.39. The van der Waals surface area contributed by atoms with Crippen molar-refractivity contribution in [1.29, 1.82) is 0 Å². The molecule has 0 spiro atoms. The van der Waals surface area contributed by atoms with E-state index in [1.807, 2.05) is 24.3 Å². The molecule has 1 aliphatic rings. The second-order valence-electron chi connectivity index (χ2n) is 7.14. The van der Waals surface area contributed by atoms with Crippen molar-refractivity contribution in [3.63, 3.8) is 0 Å². The molecule has 1 aliphatic carbocycles. The Bertz CT molecular complexity index is 948. The van der Waals surface area contributed by atoms with Gasteiger partial charge in [0.1, 0.15) is 11.2 Å². The summed E-state index contributed by atoms with van der Waals surface area (Å²) in [5.74, 6) is 1.47. The number of aromatic nitrogens is 4. The fourth-order valence-electron chi connectivity index (χ4n) is 3.76. The molecule has 0 amide bonds. The van der Waals surface area contributed by atoms with Gasteiger partial charge in [0.2, 0.25) is 5.28 Å². The standard InChI is InChI=1S/C19H19BrCl2N4/c1-11-5-7-12(8-6-11)10-26-16-15(13-3-2-4-14(21)9-13)23-19(22)25-17(16)24-18(26)20/h2-4,9,11-12H,5-8,10H2,1H3/t11-,12-. The highest BCUT2D eigenvalue weighted by molar-refractivity contribution is 9.10. The van der Waals surface area contributed by atoms with Gasteiger partial charge >= 0.3 is 0 Å². The van der Waals surface area contributed by atoms with Crippen LogP contribution in [-0.2, 0) is 6.54 Å². The van der Waals surface area contributed by atoms with Crippen LogP contribution in [0.25, 0.3) is 22.4 Å². The number of hydrogen-bond donors (Lipinski definition) is 0. The first kappa shape index (κ1) is 18.2. The fraction of sp³-hybridized carbons (Fsp3) is 0.421. The summed E-state index contributed by atoms with van der Waals surface area (Å²) in [6.45, 7) is 3.24. The summed E-state index contributed by atoms with van der Waals surface area (Å²) in [7, 11) is 0. The van der Waals surface area contributed by atoms with Gasteiger partial charge in [-0.3, -0.25) is 0 Å². The average molecular weight is 454 g/mol. The minimum Gasteiger partial charge on any atom is -0.315 e. The smallest absolute Gasteiger partial charge is 0.225 e. The maximum absolute atomic E-state index is 6.19. The SMILES string of the molecule is C[C@H]1CC[C@H](Cn2c(Br)nc3nc(Cl)nc(-c4cccc(Cl)c4)c32)CC1. The number of nitrogens with zero attached hydrogens (tertiary/aromatic N) is 4. The summed E-state index contributed by atoms with van der Waals surface area (Å²) >= 11 is 16.0. The first-order valence-electron chi connectivity index (χ1n) is 8.86. The van der Waals surface area contributed by atoms with Crippen LogP contribution in [0.1, 0.15) is 32.6 Å². The van der Waals surface area contributed by atoms with Crippen molar-refractivity contribution >= 4 is 50.3 Å². The van der Waals surface area contributed by atoms with Crippen LogP contribution in [0.3, 0.4) is 0 Å². The van der Waals surface area contributed by atoms with Crippen molar-refractivity contribution in [1.82, 2.24) is 19.5 Å². The van der Waals surface area contributed by atoms with Crippen LogP contribution in [0.2, 0.25) is 10.3 Å². The van der Waals surface area contributed by atoms with Crippen molar-refractivity contribution in [2.45, 2.75) is 39.2 Å². The Labute approximate surface area is 171 Å². The van der Waals surface area contributed by atoms with Crippen LogP contribution in [0.4, 0.5) is 0 Å². The molecule has 4 nitrogen and oxygen atoms in total. The summed E-state index contributed by atoms with van der Waals surface area (Å²) in [6.07, 6.45) is 5.07. The molecule has 0 atom stereocenters. The van der Waals surface area contributed by atoms with Gasteiger partial charge in [-0.1, -0.05) is 43.5 Å². The van der Waals surface area contributed by atoms with Crippen molar-refractivity contribution in [2.24, 2.45) is 11.8 Å². The lowest BCUT2D eigenvalue weighted by Gasteiger charge is -2.26. The lowest BCUT2D eigenvalue weighted by molar-refractivity contribution is 0.265. The van der Waals surface area contributed by atoms with Crippen LogP contribution in [-0.4, -0.2) is 19.5 Å². The molecule has 7 heteroatoms. The number of benzene rings is 1. The molecule has 136 valence electrons. The summed E-state index contributed by atoms with van der Waals surface area (Å²) < 4.78 is 2.95. The zero-order valence-corrected chi connectivity index (χ0v) is 17.5. The van der Waals surface area contributed by atoms with E-state index in [-0.39, 0.29) is 5.28 Å². The van der Waals surface area contributed by atoms with Crippen LogP contribution in [0, 0.1) is 11.8 Å². The van der Waals surface area contributed by atoms with Crippen LogP contribution in [0.5, 0.6) is 0 Å². The Balaban J connectivity index is 1.81. The Morgan fingerprint density at radius 2 is 1.88 bits per heavy atom. The van der Waals surface area contributed by atoms with Gasteiger partial charge in [0.25, 0.3) is 0 Å². The molecule has 0 aliphatic heterocycles. The minimum absolute atomic E-state index is 0.191. The van der Waals surface area contributed by atoms with Gasteiger partial charge in [-0.2, -0.15) is 4.98 Å². The third kappa shape index (κ3) is 3.62. The van der Waals surface area contributed by atoms with Crippen molar-refractivity contribution in [3.8, 4) is 11.3 Å². The number of hydrogen-bond acceptors (Lipinski definition) is 3. The highest BCUT2D eigenvalue weighted by Crippen LogP contribution is 2.34. The lowest BCUT2D eigenvalue weighted by atomic mass is 9.83. The highest BCUT2D eigenvalue weighted by atomic mass is 79.9. The molecular weight excluding hydrogens is 435 g/mol. The van der Waals surface area contributed by atoms with E-state index in [0.29, 0.717) is 16.6 Å². The quantitative estimate of drug-likeness (QED) is 0.341. The molecule has 3 aromatic rings. The van der Waals surface area contributed by atoms with E-state index in [2.05, 4.69) is 42.4 Å². The normalized spacial score (nSPS) is 20.6. The Kier molecular flexibility index (Phi) is 5.22.